The Morgan fingerprint density at radius 2 is 1.95 bits per heavy atom. The standard InChI is InChI=1S/C11H12Cl2FNO3S/c1-19(17,18)4-2-3-15-11(16)7-5-10(14)9(13)6-8(7)12/h5-6H,2-4H2,1H3,(H,15,16). The van der Waals surface area contributed by atoms with E-state index in [-0.39, 0.29) is 34.3 Å². The summed E-state index contributed by atoms with van der Waals surface area (Å²) < 4.78 is 35.0. The number of nitrogens with one attached hydrogen (secondary N) is 1. The largest absolute Gasteiger partial charge is 0.352 e. The molecule has 0 atom stereocenters. The van der Waals surface area contributed by atoms with Gasteiger partial charge in [0.15, 0.2) is 0 Å². The molecule has 8 heteroatoms. The number of benzene rings is 1. The first kappa shape index (κ1) is 16.2. The van der Waals surface area contributed by atoms with Crippen molar-refractivity contribution in [2.45, 2.75) is 6.42 Å². The molecule has 0 heterocycles. The quantitative estimate of drug-likeness (QED) is 0.666. The van der Waals surface area contributed by atoms with Gasteiger partial charge < -0.3 is 5.32 Å². The fraction of sp³-hybridized carbons (Fsp3) is 0.364. The predicted molar refractivity (Wildman–Crippen MR) is 73.1 cm³/mol. The number of hydrogen-bond acceptors (Lipinski definition) is 3. The van der Waals surface area contributed by atoms with E-state index in [2.05, 4.69) is 5.32 Å². The van der Waals surface area contributed by atoms with Crippen molar-refractivity contribution in [3.8, 4) is 0 Å². The molecule has 1 rings (SSSR count). The van der Waals surface area contributed by atoms with E-state index in [4.69, 9.17) is 23.2 Å². The summed E-state index contributed by atoms with van der Waals surface area (Å²) in [5, 5.41) is 2.33. The zero-order valence-corrected chi connectivity index (χ0v) is 12.4. The highest BCUT2D eigenvalue weighted by Crippen LogP contribution is 2.24. The molecule has 106 valence electrons. The van der Waals surface area contributed by atoms with Crippen LogP contribution in [0, 0.1) is 5.82 Å². The fourth-order valence-electron chi connectivity index (χ4n) is 1.33. The molecule has 1 amide bonds. The van der Waals surface area contributed by atoms with E-state index in [1.807, 2.05) is 0 Å². The molecule has 0 spiro atoms. The summed E-state index contributed by atoms with van der Waals surface area (Å²) in [6, 6.07) is 2.08. The van der Waals surface area contributed by atoms with Crippen LogP contribution in [0.5, 0.6) is 0 Å². The summed E-state index contributed by atoms with van der Waals surface area (Å²) in [6.45, 7) is 0.159. The molecule has 0 radical (unpaired) electrons. The maximum absolute atomic E-state index is 13.2. The molecule has 1 aromatic carbocycles. The second kappa shape index (κ2) is 6.54. The highest BCUT2D eigenvalue weighted by atomic mass is 35.5. The van der Waals surface area contributed by atoms with Gasteiger partial charge in [-0.1, -0.05) is 23.2 Å². The Hall–Kier alpha value is -0.850. The maximum atomic E-state index is 13.2. The van der Waals surface area contributed by atoms with Crippen molar-refractivity contribution in [2.75, 3.05) is 18.6 Å². The fourth-order valence-corrected chi connectivity index (χ4v) is 2.47. The Balaban J connectivity index is 2.62. The van der Waals surface area contributed by atoms with Crippen LogP contribution in [0.4, 0.5) is 4.39 Å². The summed E-state index contributed by atoms with van der Waals surface area (Å²) >= 11 is 11.3. The molecular formula is C11H12Cl2FNO3S. The number of halogens is 3. The molecule has 0 saturated carbocycles. The van der Waals surface area contributed by atoms with E-state index >= 15 is 0 Å². The van der Waals surface area contributed by atoms with Gasteiger partial charge in [-0.25, -0.2) is 12.8 Å². The van der Waals surface area contributed by atoms with Gasteiger partial charge in [-0.15, -0.1) is 0 Å². The second-order valence-corrected chi connectivity index (χ2v) is 7.06. The van der Waals surface area contributed by atoms with Gasteiger partial charge in [-0.2, -0.15) is 0 Å². The third-order valence-electron chi connectivity index (χ3n) is 2.23. The van der Waals surface area contributed by atoms with Crippen LogP contribution >= 0.6 is 23.2 Å². The minimum Gasteiger partial charge on any atom is -0.352 e. The number of sulfone groups is 1. The minimum atomic E-state index is -3.06. The molecule has 0 aliphatic carbocycles. The Labute approximate surface area is 120 Å². The molecule has 0 bridgehead atoms. The van der Waals surface area contributed by atoms with Crippen LogP contribution < -0.4 is 5.32 Å². The van der Waals surface area contributed by atoms with Crippen molar-refractivity contribution >= 4 is 38.9 Å². The van der Waals surface area contributed by atoms with Gasteiger partial charge in [0.05, 0.1) is 21.4 Å². The smallest absolute Gasteiger partial charge is 0.252 e. The molecule has 4 nitrogen and oxygen atoms in total. The zero-order valence-electron chi connectivity index (χ0n) is 10.0. The molecule has 0 aromatic heterocycles. The van der Waals surface area contributed by atoms with E-state index in [1.165, 1.54) is 0 Å². The van der Waals surface area contributed by atoms with E-state index in [0.29, 0.717) is 0 Å². The SMILES string of the molecule is CS(=O)(=O)CCCNC(=O)c1cc(F)c(Cl)cc1Cl. The van der Waals surface area contributed by atoms with Gasteiger partial charge >= 0.3 is 0 Å². The summed E-state index contributed by atoms with van der Waals surface area (Å²) in [5.74, 6) is -1.35. The minimum absolute atomic E-state index is 0.0318. The van der Waals surface area contributed by atoms with Crippen LogP contribution in [0.15, 0.2) is 12.1 Å². The Kier molecular flexibility index (Phi) is 5.58. The van der Waals surface area contributed by atoms with Crippen LogP contribution in [0.1, 0.15) is 16.8 Å². The Morgan fingerprint density at radius 3 is 2.53 bits per heavy atom. The molecule has 1 N–H and O–H groups in total. The average molecular weight is 328 g/mol. The topological polar surface area (TPSA) is 63.2 Å². The summed E-state index contributed by atoms with van der Waals surface area (Å²) in [4.78, 5) is 11.7. The maximum Gasteiger partial charge on any atom is 0.252 e. The van der Waals surface area contributed by atoms with Crippen molar-refractivity contribution in [3.05, 3.63) is 33.6 Å². The highest BCUT2D eigenvalue weighted by Gasteiger charge is 2.14. The Morgan fingerprint density at radius 1 is 1.32 bits per heavy atom. The number of carbonyl (C=O) groups is 1. The summed E-state index contributed by atoms with van der Waals surface area (Å²) in [6.07, 6.45) is 1.39. The lowest BCUT2D eigenvalue weighted by molar-refractivity contribution is 0.0953. The first-order chi connectivity index (χ1) is 8.70. The van der Waals surface area contributed by atoms with Crippen molar-refractivity contribution in [3.63, 3.8) is 0 Å². The third kappa shape index (κ3) is 5.34. The number of hydrogen-bond donors (Lipinski definition) is 1. The molecule has 0 unspecified atom stereocenters. The zero-order chi connectivity index (χ0) is 14.6. The van der Waals surface area contributed by atoms with Crippen LogP contribution in [0.25, 0.3) is 0 Å². The van der Waals surface area contributed by atoms with Gasteiger partial charge in [0.25, 0.3) is 5.91 Å². The highest BCUT2D eigenvalue weighted by molar-refractivity contribution is 7.90. The van der Waals surface area contributed by atoms with Crippen LogP contribution in [-0.4, -0.2) is 32.9 Å². The van der Waals surface area contributed by atoms with Crippen molar-refractivity contribution < 1.29 is 17.6 Å². The number of amides is 1. The van der Waals surface area contributed by atoms with Gasteiger partial charge in [-0.3, -0.25) is 4.79 Å². The van der Waals surface area contributed by atoms with Crippen molar-refractivity contribution in [1.29, 1.82) is 0 Å². The number of carbonyl (C=O) groups excluding carboxylic acids is 1. The predicted octanol–water partition coefficient (Wildman–Crippen LogP) is 2.30. The molecular weight excluding hydrogens is 316 g/mol. The van der Waals surface area contributed by atoms with Gasteiger partial charge in [-0.05, 0) is 18.6 Å². The lowest BCUT2D eigenvalue weighted by Gasteiger charge is -2.07. The van der Waals surface area contributed by atoms with Crippen molar-refractivity contribution in [2.24, 2.45) is 0 Å². The first-order valence-electron chi connectivity index (χ1n) is 5.31. The van der Waals surface area contributed by atoms with Crippen molar-refractivity contribution in [1.82, 2.24) is 5.32 Å². The summed E-state index contributed by atoms with van der Waals surface area (Å²) in [7, 11) is -3.06. The Bertz CT molecular complexity index is 590. The molecule has 0 saturated heterocycles. The lowest BCUT2D eigenvalue weighted by atomic mass is 10.2. The first-order valence-corrected chi connectivity index (χ1v) is 8.13. The van der Waals surface area contributed by atoms with E-state index in [9.17, 15) is 17.6 Å². The van der Waals surface area contributed by atoms with Gasteiger partial charge in [0.1, 0.15) is 15.7 Å². The molecule has 0 aliphatic heterocycles. The van der Waals surface area contributed by atoms with Crippen LogP contribution in [0.2, 0.25) is 10.0 Å². The molecule has 0 aliphatic rings. The van der Waals surface area contributed by atoms with Crippen LogP contribution in [-0.2, 0) is 9.84 Å². The normalized spacial score (nSPS) is 11.4. The van der Waals surface area contributed by atoms with E-state index in [0.717, 1.165) is 18.4 Å². The van der Waals surface area contributed by atoms with E-state index in [1.54, 1.807) is 0 Å². The monoisotopic (exact) mass is 327 g/mol. The molecule has 1 aromatic rings. The van der Waals surface area contributed by atoms with Gasteiger partial charge in [0.2, 0.25) is 0 Å². The molecule has 0 fully saturated rings. The van der Waals surface area contributed by atoms with Gasteiger partial charge in [0, 0.05) is 12.8 Å². The third-order valence-corrected chi connectivity index (χ3v) is 3.86. The second-order valence-electron chi connectivity index (χ2n) is 3.99. The summed E-state index contributed by atoms with van der Waals surface area (Å²) in [5.41, 5.74) is -0.0390. The average Bonchev–Trinajstić information content (AvgIpc) is 2.28. The number of rotatable bonds is 5. The van der Waals surface area contributed by atoms with Crippen LogP contribution in [0.3, 0.4) is 0 Å². The van der Waals surface area contributed by atoms with E-state index < -0.39 is 21.6 Å². The molecule has 19 heavy (non-hydrogen) atoms. The lowest BCUT2D eigenvalue weighted by Crippen LogP contribution is -2.26.